The second kappa shape index (κ2) is 6.23. The highest BCUT2D eigenvalue weighted by Gasteiger charge is 2.27. The van der Waals surface area contributed by atoms with Crippen molar-refractivity contribution in [2.24, 2.45) is 5.73 Å². The Hall–Kier alpha value is -2.26. The molecule has 25 heavy (non-hydrogen) atoms. The summed E-state index contributed by atoms with van der Waals surface area (Å²) in [5, 5.41) is 5.24. The molecule has 0 bridgehead atoms. The quantitative estimate of drug-likeness (QED) is 0.772. The van der Waals surface area contributed by atoms with Gasteiger partial charge in [-0.1, -0.05) is 11.3 Å². The van der Waals surface area contributed by atoms with Gasteiger partial charge in [-0.25, -0.2) is 18.3 Å². The number of halogens is 2. The molecule has 0 spiro atoms. The van der Waals surface area contributed by atoms with Gasteiger partial charge in [0.2, 0.25) is 10.1 Å². The van der Waals surface area contributed by atoms with Gasteiger partial charge < -0.3 is 15.4 Å². The molecule has 1 aromatic carbocycles. The van der Waals surface area contributed by atoms with Gasteiger partial charge >= 0.3 is 0 Å². The molecular weight excluding hydrogens is 348 g/mol. The molecule has 1 aliphatic rings. The number of nitrogens with zero attached hydrogens (tertiary/aromatic N) is 4. The first-order valence-corrected chi connectivity index (χ1v) is 8.70. The van der Waals surface area contributed by atoms with Crippen LogP contribution in [0.2, 0.25) is 0 Å². The van der Waals surface area contributed by atoms with Crippen molar-refractivity contribution in [1.82, 2.24) is 14.6 Å². The fourth-order valence-corrected chi connectivity index (χ4v) is 4.00. The van der Waals surface area contributed by atoms with Crippen LogP contribution in [0.25, 0.3) is 16.2 Å². The number of hydrogen-bond acceptors (Lipinski definition) is 6. The average Bonchev–Trinajstić information content (AvgIpc) is 3.14. The maximum Gasteiger partial charge on any atom is 0.214 e. The van der Waals surface area contributed by atoms with Gasteiger partial charge in [0.05, 0.1) is 25.5 Å². The number of ether oxygens (including phenoxy) is 1. The number of hydrogen-bond donors (Lipinski definition) is 1. The van der Waals surface area contributed by atoms with E-state index in [1.807, 2.05) is 4.90 Å². The van der Waals surface area contributed by atoms with Crippen molar-refractivity contribution < 1.29 is 13.5 Å². The van der Waals surface area contributed by atoms with Gasteiger partial charge in [0.1, 0.15) is 17.7 Å². The Morgan fingerprint density at radius 3 is 2.96 bits per heavy atom. The molecule has 1 fully saturated rings. The lowest BCUT2D eigenvalue weighted by atomic mass is 10.1. The third kappa shape index (κ3) is 2.93. The molecule has 3 aromatic rings. The Kier molecular flexibility index (Phi) is 4.04. The van der Waals surface area contributed by atoms with E-state index >= 15 is 0 Å². The highest BCUT2D eigenvalue weighted by molar-refractivity contribution is 7.20. The molecule has 2 N–H and O–H groups in total. The van der Waals surface area contributed by atoms with E-state index in [-0.39, 0.29) is 18.4 Å². The van der Waals surface area contributed by atoms with Crippen LogP contribution in [0.5, 0.6) is 5.75 Å². The summed E-state index contributed by atoms with van der Waals surface area (Å²) in [6.07, 6.45) is 1.08. The van der Waals surface area contributed by atoms with E-state index in [1.54, 1.807) is 16.8 Å². The molecule has 4 rings (SSSR count). The third-order valence-electron chi connectivity index (χ3n) is 4.22. The Morgan fingerprint density at radius 2 is 2.20 bits per heavy atom. The molecule has 9 heteroatoms. The molecule has 2 atom stereocenters. The molecule has 1 saturated heterocycles. The van der Waals surface area contributed by atoms with Crippen LogP contribution in [0.1, 0.15) is 6.42 Å². The SMILES string of the molecule is COc1cc(F)ccc1-c1cnc2sc(N3C[C@H](N)C[C@@H](F)C3)nn12. The Labute approximate surface area is 146 Å². The van der Waals surface area contributed by atoms with E-state index in [0.29, 0.717) is 40.1 Å². The van der Waals surface area contributed by atoms with Crippen molar-refractivity contribution in [2.45, 2.75) is 18.6 Å². The van der Waals surface area contributed by atoms with Crippen molar-refractivity contribution in [2.75, 3.05) is 25.1 Å². The summed E-state index contributed by atoms with van der Waals surface area (Å²) in [5.41, 5.74) is 7.29. The van der Waals surface area contributed by atoms with Gasteiger partial charge in [0.15, 0.2) is 0 Å². The van der Waals surface area contributed by atoms with E-state index in [1.165, 1.54) is 30.6 Å². The van der Waals surface area contributed by atoms with Gasteiger partial charge in [-0.3, -0.25) is 0 Å². The summed E-state index contributed by atoms with van der Waals surface area (Å²) in [5.74, 6) is 0.0248. The largest absolute Gasteiger partial charge is 0.496 e. The average molecular weight is 365 g/mol. The number of benzene rings is 1. The van der Waals surface area contributed by atoms with Gasteiger partial charge in [-0.2, -0.15) is 0 Å². The van der Waals surface area contributed by atoms with Crippen molar-refractivity contribution in [3.8, 4) is 17.0 Å². The molecule has 1 aliphatic heterocycles. The van der Waals surface area contributed by atoms with Crippen LogP contribution in [-0.4, -0.2) is 47.0 Å². The van der Waals surface area contributed by atoms with E-state index in [0.717, 1.165) is 0 Å². The summed E-state index contributed by atoms with van der Waals surface area (Å²) >= 11 is 1.37. The summed E-state index contributed by atoms with van der Waals surface area (Å²) in [7, 11) is 1.49. The summed E-state index contributed by atoms with van der Waals surface area (Å²) in [6, 6.07) is 4.10. The molecule has 0 saturated carbocycles. The predicted octanol–water partition coefficient (Wildman–Crippen LogP) is 2.48. The normalized spacial score (nSPS) is 21.0. The van der Waals surface area contributed by atoms with E-state index in [4.69, 9.17) is 10.5 Å². The zero-order valence-electron chi connectivity index (χ0n) is 13.5. The highest BCUT2D eigenvalue weighted by Crippen LogP contribution is 2.34. The lowest BCUT2D eigenvalue weighted by Crippen LogP contribution is -2.48. The number of piperidine rings is 1. The van der Waals surface area contributed by atoms with Crippen molar-refractivity contribution in [1.29, 1.82) is 0 Å². The number of rotatable bonds is 3. The number of imidazole rings is 1. The molecule has 132 valence electrons. The van der Waals surface area contributed by atoms with Gasteiger partial charge in [-0.15, -0.1) is 5.10 Å². The Bertz CT molecular complexity index is 901. The third-order valence-corrected chi connectivity index (χ3v) is 5.20. The first kappa shape index (κ1) is 16.2. The molecule has 0 radical (unpaired) electrons. The van der Waals surface area contributed by atoms with Crippen molar-refractivity contribution >= 4 is 21.4 Å². The number of nitrogens with two attached hydrogens (primary N) is 1. The smallest absolute Gasteiger partial charge is 0.214 e. The maximum absolute atomic E-state index is 13.8. The second-order valence-corrected chi connectivity index (χ2v) is 7.00. The Morgan fingerprint density at radius 1 is 1.36 bits per heavy atom. The minimum atomic E-state index is -0.961. The monoisotopic (exact) mass is 365 g/mol. The van der Waals surface area contributed by atoms with Gasteiger partial charge in [0.25, 0.3) is 0 Å². The lowest BCUT2D eigenvalue weighted by Gasteiger charge is -2.32. The first-order valence-electron chi connectivity index (χ1n) is 7.88. The summed E-state index contributed by atoms with van der Waals surface area (Å²) < 4.78 is 34.2. The lowest BCUT2D eigenvalue weighted by molar-refractivity contribution is 0.268. The molecule has 3 heterocycles. The molecular formula is C16H17F2N5OS. The van der Waals surface area contributed by atoms with Crippen LogP contribution in [0.4, 0.5) is 13.9 Å². The molecule has 0 amide bonds. The molecule has 2 aromatic heterocycles. The number of alkyl halides is 1. The molecule has 6 nitrogen and oxygen atoms in total. The predicted molar refractivity (Wildman–Crippen MR) is 92.5 cm³/mol. The fraction of sp³-hybridized carbons (Fsp3) is 0.375. The maximum atomic E-state index is 13.8. The van der Waals surface area contributed by atoms with Crippen LogP contribution in [0, 0.1) is 5.82 Å². The molecule has 0 unspecified atom stereocenters. The zero-order chi connectivity index (χ0) is 17.6. The second-order valence-electron chi connectivity index (χ2n) is 6.07. The number of aromatic nitrogens is 3. The fourth-order valence-electron chi connectivity index (χ4n) is 3.10. The number of methoxy groups -OCH3 is 1. The van der Waals surface area contributed by atoms with Gasteiger partial charge in [0, 0.05) is 24.2 Å². The van der Waals surface area contributed by atoms with E-state index in [2.05, 4.69) is 10.1 Å². The van der Waals surface area contributed by atoms with Crippen LogP contribution < -0.4 is 15.4 Å². The van der Waals surface area contributed by atoms with Gasteiger partial charge in [-0.05, 0) is 18.6 Å². The standard InChI is InChI=1S/C16H17F2N5OS/c1-24-14-5-9(17)2-3-12(14)13-6-20-15-23(13)21-16(25-15)22-7-10(18)4-11(19)8-22/h2-3,5-6,10-11H,4,7-8,19H2,1H3/t10-,11-/m1/s1. The molecule has 0 aliphatic carbocycles. The van der Waals surface area contributed by atoms with Crippen molar-refractivity contribution in [3.05, 3.63) is 30.2 Å². The van der Waals surface area contributed by atoms with Crippen LogP contribution in [0.3, 0.4) is 0 Å². The first-order chi connectivity index (χ1) is 12.0. The van der Waals surface area contributed by atoms with E-state index in [9.17, 15) is 8.78 Å². The van der Waals surface area contributed by atoms with Crippen LogP contribution in [-0.2, 0) is 0 Å². The number of fused-ring (bicyclic) bond motifs is 1. The minimum absolute atomic E-state index is 0.211. The minimum Gasteiger partial charge on any atom is -0.496 e. The van der Waals surface area contributed by atoms with Crippen molar-refractivity contribution in [3.63, 3.8) is 0 Å². The van der Waals surface area contributed by atoms with E-state index < -0.39 is 6.17 Å². The Balaban J connectivity index is 1.74. The summed E-state index contributed by atoms with van der Waals surface area (Å²) in [4.78, 5) is 6.89. The summed E-state index contributed by atoms with van der Waals surface area (Å²) in [6.45, 7) is 0.839. The number of anilines is 1. The topological polar surface area (TPSA) is 68.7 Å². The van der Waals surface area contributed by atoms with Crippen LogP contribution >= 0.6 is 11.3 Å². The highest BCUT2D eigenvalue weighted by atomic mass is 32.1. The van der Waals surface area contributed by atoms with Crippen LogP contribution in [0.15, 0.2) is 24.4 Å². The zero-order valence-corrected chi connectivity index (χ0v) is 14.3.